The molecule has 1 aromatic carbocycles. The van der Waals surface area contributed by atoms with Crippen LogP contribution in [0, 0.1) is 5.92 Å². The summed E-state index contributed by atoms with van der Waals surface area (Å²) in [7, 11) is 3.26. The fraction of sp³-hybridized carbons (Fsp3) is 0.611. The molecule has 2 N–H and O–H groups in total. The summed E-state index contributed by atoms with van der Waals surface area (Å²) in [6.45, 7) is 8.17. The van der Waals surface area contributed by atoms with E-state index in [1.54, 1.807) is 14.2 Å². The van der Waals surface area contributed by atoms with Gasteiger partial charge in [-0.1, -0.05) is 6.92 Å². The highest BCUT2D eigenvalue weighted by Crippen LogP contribution is 2.38. The van der Waals surface area contributed by atoms with E-state index in [1.807, 2.05) is 19.1 Å². The standard InChI is InChI=1S/C18H29N3O3.HI/c1-6-19-18(21-14-8-12(14)3)20-11-13-9-15(22-4)17(24-7-2)16(10-13)23-5;/h9-10,12,14H,6-8,11H2,1-5H3,(H2,19,20,21);1H. The van der Waals surface area contributed by atoms with Gasteiger partial charge in [-0.2, -0.15) is 0 Å². The van der Waals surface area contributed by atoms with Gasteiger partial charge in [0.15, 0.2) is 17.5 Å². The number of halogens is 1. The smallest absolute Gasteiger partial charge is 0.203 e. The van der Waals surface area contributed by atoms with Gasteiger partial charge < -0.3 is 24.8 Å². The molecule has 6 nitrogen and oxygen atoms in total. The number of hydrogen-bond acceptors (Lipinski definition) is 4. The van der Waals surface area contributed by atoms with Crippen LogP contribution in [-0.4, -0.2) is 39.4 Å². The largest absolute Gasteiger partial charge is 0.493 e. The first-order valence-electron chi connectivity index (χ1n) is 8.55. The fourth-order valence-corrected chi connectivity index (χ4v) is 2.50. The molecule has 0 saturated heterocycles. The van der Waals surface area contributed by atoms with Crippen molar-refractivity contribution in [2.45, 2.75) is 39.8 Å². The molecule has 0 aliphatic heterocycles. The van der Waals surface area contributed by atoms with Gasteiger partial charge in [0.05, 0.1) is 27.4 Å². The SMILES string of the molecule is CCNC(=NCc1cc(OC)c(OCC)c(OC)c1)NC1CC1C.I. The number of methoxy groups -OCH3 is 2. The quantitative estimate of drug-likeness (QED) is 0.352. The lowest BCUT2D eigenvalue weighted by atomic mass is 10.2. The summed E-state index contributed by atoms with van der Waals surface area (Å²) in [4.78, 5) is 4.67. The molecule has 7 heteroatoms. The molecule has 2 rings (SSSR count). The first-order chi connectivity index (χ1) is 11.6. The average molecular weight is 463 g/mol. The van der Waals surface area contributed by atoms with Gasteiger partial charge in [0.1, 0.15) is 0 Å². The minimum atomic E-state index is 0. The second-order valence-electron chi connectivity index (χ2n) is 5.92. The zero-order valence-electron chi connectivity index (χ0n) is 15.7. The van der Waals surface area contributed by atoms with Crippen LogP contribution in [0.5, 0.6) is 17.2 Å². The van der Waals surface area contributed by atoms with Crippen LogP contribution in [0.15, 0.2) is 17.1 Å². The molecule has 0 radical (unpaired) electrons. The Labute approximate surface area is 167 Å². The van der Waals surface area contributed by atoms with Crippen LogP contribution >= 0.6 is 24.0 Å². The molecule has 1 aliphatic rings. The number of nitrogens with one attached hydrogen (secondary N) is 2. The van der Waals surface area contributed by atoms with Crippen LogP contribution < -0.4 is 24.8 Å². The minimum absolute atomic E-state index is 0. The highest BCUT2D eigenvalue weighted by Gasteiger charge is 2.33. The number of aliphatic imine (C=N–C) groups is 1. The topological polar surface area (TPSA) is 64.1 Å². The summed E-state index contributed by atoms with van der Waals surface area (Å²) in [5.74, 6) is 3.52. The average Bonchev–Trinajstić information content (AvgIpc) is 3.28. The number of hydrogen-bond donors (Lipinski definition) is 2. The van der Waals surface area contributed by atoms with Gasteiger partial charge in [-0.05, 0) is 43.9 Å². The van der Waals surface area contributed by atoms with Crippen LogP contribution in [0.2, 0.25) is 0 Å². The third-order valence-electron chi connectivity index (χ3n) is 4.00. The van der Waals surface area contributed by atoms with Gasteiger partial charge in [0.2, 0.25) is 5.75 Å². The molecule has 1 aromatic rings. The molecule has 2 atom stereocenters. The van der Waals surface area contributed by atoms with Crippen LogP contribution in [0.1, 0.15) is 32.8 Å². The lowest BCUT2D eigenvalue weighted by Crippen LogP contribution is -2.39. The Hall–Kier alpha value is -1.38. The molecule has 1 aliphatic carbocycles. The Morgan fingerprint density at radius 3 is 2.24 bits per heavy atom. The Balaban J connectivity index is 0.00000312. The van der Waals surface area contributed by atoms with Crippen LogP contribution in [0.3, 0.4) is 0 Å². The number of nitrogens with zero attached hydrogens (tertiary/aromatic N) is 1. The first-order valence-corrected chi connectivity index (χ1v) is 8.55. The van der Waals surface area contributed by atoms with E-state index in [2.05, 4.69) is 29.5 Å². The highest BCUT2D eigenvalue weighted by atomic mass is 127. The predicted molar refractivity (Wildman–Crippen MR) is 112 cm³/mol. The summed E-state index contributed by atoms with van der Waals surface area (Å²) in [5.41, 5.74) is 1.01. The van der Waals surface area contributed by atoms with Crippen molar-refractivity contribution in [2.24, 2.45) is 10.9 Å². The van der Waals surface area contributed by atoms with Crippen molar-refractivity contribution in [1.29, 1.82) is 0 Å². The third-order valence-corrected chi connectivity index (χ3v) is 4.00. The van der Waals surface area contributed by atoms with E-state index in [9.17, 15) is 0 Å². The molecule has 0 bridgehead atoms. The van der Waals surface area contributed by atoms with Crippen LogP contribution in [0.4, 0.5) is 0 Å². The lowest BCUT2D eigenvalue weighted by molar-refractivity contribution is 0.288. The summed E-state index contributed by atoms with van der Waals surface area (Å²) in [6, 6.07) is 4.42. The Morgan fingerprint density at radius 2 is 1.80 bits per heavy atom. The summed E-state index contributed by atoms with van der Waals surface area (Å²) in [6.07, 6.45) is 1.20. The highest BCUT2D eigenvalue weighted by molar-refractivity contribution is 14.0. The van der Waals surface area contributed by atoms with Crippen molar-refractivity contribution in [3.8, 4) is 17.2 Å². The van der Waals surface area contributed by atoms with Gasteiger partial charge in [-0.15, -0.1) is 24.0 Å². The second-order valence-corrected chi connectivity index (χ2v) is 5.92. The molecule has 25 heavy (non-hydrogen) atoms. The van der Waals surface area contributed by atoms with Crippen molar-refractivity contribution in [3.05, 3.63) is 17.7 Å². The van der Waals surface area contributed by atoms with Crippen molar-refractivity contribution in [1.82, 2.24) is 10.6 Å². The molecule has 1 saturated carbocycles. The van der Waals surface area contributed by atoms with Gasteiger partial charge in [0, 0.05) is 12.6 Å². The maximum absolute atomic E-state index is 5.63. The third kappa shape index (κ3) is 6.13. The molecule has 0 heterocycles. The maximum Gasteiger partial charge on any atom is 0.203 e. The normalized spacial score (nSPS) is 18.8. The van der Waals surface area contributed by atoms with E-state index in [1.165, 1.54) is 6.42 Å². The molecule has 142 valence electrons. The van der Waals surface area contributed by atoms with Crippen LogP contribution in [-0.2, 0) is 6.54 Å². The van der Waals surface area contributed by atoms with Crippen molar-refractivity contribution in [2.75, 3.05) is 27.4 Å². The fourth-order valence-electron chi connectivity index (χ4n) is 2.50. The molecule has 0 aromatic heterocycles. The Bertz CT molecular complexity index is 556. The lowest BCUT2D eigenvalue weighted by Gasteiger charge is -2.15. The maximum atomic E-state index is 5.63. The minimum Gasteiger partial charge on any atom is -0.493 e. The molecule has 2 unspecified atom stereocenters. The van der Waals surface area contributed by atoms with E-state index in [-0.39, 0.29) is 24.0 Å². The number of rotatable bonds is 8. The van der Waals surface area contributed by atoms with E-state index >= 15 is 0 Å². The van der Waals surface area contributed by atoms with Crippen LogP contribution in [0.25, 0.3) is 0 Å². The molecular formula is C18H30IN3O3. The number of benzene rings is 1. The number of guanidine groups is 1. The zero-order chi connectivity index (χ0) is 17.5. The summed E-state index contributed by atoms with van der Waals surface area (Å²) < 4.78 is 16.5. The number of ether oxygens (including phenoxy) is 3. The van der Waals surface area contributed by atoms with Gasteiger partial charge in [0.25, 0.3) is 0 Å². The van der Waals surface area contributed by atoms with Crippen molar-refractivity contribution >= 4 is 29.9 Å². The van der Waals surface area contributed by atoms with E-state index in [0.717, 1.165) is 24.0 Å². The summed E-state index contributed by atoms with van der Waals surface area (Å²) in [5, 5.41) is 6.74. The predicted octanol–water partition coefficient (Wildman–Crippen LogP) is 3.18. The van der Waals surface area contributed by atoms with Crippen molar-refractivity contribution in [3.63, 3.8) is 0 Å². The zero-order valence-corrected chi connectivity index (χ0v) is 18.0. The Morgan fingerprint density at radius 1 is 1.20 bits per heavy atom. The van der Waals surface area contributed by atoms with E-state index in [4.69, 9.17) is 14.2 Å². The molecular weight excluding hydrogens is 433 g/mol. The molecule has 0 amide bonds. The van der Waals surface area contributed by atoms with Crippen molar-refractivity contribution < 1.29 is 14.2 Å². The van der Waals surface area contributed by atoms with E-state index in [0.29, 0.717) is 36.4 Å². The Kier molecular flexibility index (Phi) is 9.16. The monoisotopic (exact) mass is 463 g/mol. The van der Waals surface area contributed by atoms with E-state index < -0.39 is 0 Å². The van der Waals surface area contributed by atoms with Gasteiger partial charge in [-0.25, -0.2) is 4.99 Å². The summed E-state index contributed by atoms with van der Waals surface area (Å²) >= 11 is 0. The molecule has 1 fully saturated rings. The van der Waals surface area contributed by atoms with Gasteiger partial charge >= 0.3 is 0 Å². The molecule has 0 spiro atoms. The first kappa shape index (κ1) is 21.7. The second kappa shape index (κ2) is 10.6. The van der Waals surface area contributed by atoms with Gasteiger partial charge in [-0.3, -0.25) is 0 Å².